The second kappa shape index (κ2) is 4.82. The molecule has 0 aromatic carbocycles. The number of nitrogens with zero attached hydrogens (tertiary/aromatic N) is 3. The lowest BCUT2D eigenvalue weighted by molar-refractivity contribution is 0.108. The van der Waals surface area contributed by atoms with Crippen molar-refractivity contribution in [1.82, 2.24) is 14.7 Å². The van der Waals surface area contributed by atoms with E-state index in [9.17, 15) is 9.90 Å². The van der Waals surface area contributed by atoms with E-state index in [0.29, 0.717) is 12.0 Å². The molecule has 0 saturated carbocycles. The fourth-order valence-corrected chi connectivity index (χ4v) is 1.45. The zero-order valence-corrected chi connectivity index (χ0v) is 9.46. The first-order valence-corrected chi connectivity index (χ1v) is 5.42. The van der Waals surface area contributed by atoms with Gasteiger partial charge in [-0.15, -0.1) is 4.73 Å². The van der Waals surface area contributed by atoms with Crippen molar-refractivity contribution in [2.75, 3.05) is 6.61 Å². The van der Waals surface area contributed by atoms with Gasteiger partial charge in [0.05, 0.1) is 5.39 Å². The normalized spacial score (nSPS) is 10.6. The van der Waals surface area contributed by atoms with Gasteiger partial charge in [0.15, 0.2) is 5.65 Å². The van der Waals surface area contributed by atoms with E-state index < -0.39 is 5.56 Å². The van der Waals surface area contributed by atoms with Crippen molar-refractivity contribution in [1.29, 1.82) is 0 Å². The first kappa shape index (κ1) is 11.4. The Morgan fingerprint density at radius 1 is 1.53 bits per heavy atom. The van der Waals surface area contributed by atoms with Crippen molar-refractivity contribution in [3.8, 4) is 5.75 Å². The van der Waals surface area contributed by atoms with Gasteiger partial charge in [-0.2, -0.15) is 0 Å². The Morgan fingerprint density at radius 3 is 3.12 bits per heavy atom. The van der Waals surface area contributed by atoms with Crippen molar-refractivity contribution < 1.29 is 9.94 Å². The summed E-state index contributed by atoms with van der Waals surface area (Å²) in [4.78, 5) is 24.8. The lowest BCUT2D eigenvalue weighted by Crippen LogP contribution is -2.27. The largest absolute Gasteiger partial charge is 0.507 e. The number of aromatic hydroxyl groups is 1. The number of fused-ring (bicyclic) bond motifs is 1. The van der Waals surface area contributed by atoms with Gasteiger partial charge in [-0.05, 0) is 6.42 Å². The number of rotatable bonds is 4. The third-order valence-electron chi connectivity index (χ3n) is 2.34. The molecule has 0 amide bonds. The van der Waals surface area contributed by atoms with E-state index in [1.54, 1.807) is 0 Å². The molecule has 17 heavy (non-hydrogen) atoms. The quantitative estimate of drug-likeness (QED) is 0.790. The van der Waals surface area contributed by atoms with Crippen molar-refractivity contribution in [2.24, 2.45) is 0 Å². The first-order valence-electron chi connectivity index (χ1n) is 5.42. The lowest BCUT2D eigenvalue weighted by Gasteiger charge is -2.10. The molecule has 0 aliphatic rings. The molecule has 0 bridgehead atoms. The average molecular weight is 235 g/mol. The van der Waals surface area contributed by atoms with E-state index in [1.807, 2.05) is 6.92 Å². The molecule has 0 radical (unpaired) electrons. The summed E-state index contributed by atoms with van der Waals surface area (Å²) in [5.74, 6) is -0.138. The van der Waals surface area contributed by atoms with Crippen LogP contribution in [0.1, 0.15) is 19.8 Å². The Bertz CT molecular complexity index is 580. The molecule has 90 valence electrons. The molecule has 0 spiro atoms. The molecule has 6 heteroatoms. The number of hydrogen-bond donors (Lipinski definition) is 1. The maximum Gasteiger partial charge on any atom is 0.288 e. The van der Waals surface area contributed by atoms with Gasteiger partial charge in [-0.25, -0.2) is 9.97 Å². The fraction of sp³-hybridized carbons (Fsp3) is 0.364. The van der Waals surface area contributed by atoms with Crippen molar-refractivity contribution in [2.45, 2.75) is 19.8 Å². The summed E-state index contributed by atoms with van der Waals surface area (Å²) < 4.78 is 1.09. The molecule has 2 aromatic rings. The minimum Gasteiger partial charge on any atom is -0.507 e. The summed E-state index contributed by atoms with van der Waals surface area (Å²) in [7, 11) is 0. The van der Waals surface area contributed by atoms with E-state index in [2.05, 4.69) is 9.97 Å². The summed E-state index contributed by atoms with van der Waals surface area (Å²) in [6.07, 6.45) is 4.57. The number of hydrogen-bond acceptors (Lipinski definition) is 5. The Morgan fingerprint density at radius 2 is 2.35 bits per heavy atom. The van der Waals surface area contributed by atoms with Crippen molar-refractivity contribution >= 4 is 11.0 Å². The van der Waals surface area contributed by atoms with Gasteiger partial charge in [0.1, 0.15) is 18.7 Å². The smallest absolute Gasteiger partial charge is 0.288 e. The minimum atomic E-state index is -0.440. The molecule has 2 aromatic heterocycles. The number of unbranched alkanes of at least 4 members (excludes halogenated alkanes) is 1. The highest BCUT2D eigenvalue weighted by Gasteiger charge is 2.09. The van der Waals surface area contributed by atoms with Crippen LogP contribution in [-0.4, -0.2) is 26.4 Å². The fourth-order valence-electron chi connectivity index (χ4n) is 1.45. The summed E-state index contributed by atoms with van der Waals surface area (Å²) in [5, 5.41) is 9.99. The predicted octanol–water partition coefficient (Wildman–Crippen LogP) is 0.726. The van der Waals surface area contributed by atoms with E-state index in [0.717, 1.165) is 23.6 Å². The zero-order chi connectivity index (χ0) is 12.3. The van der Waals surface area contributed by atoms with Crippen LogP contribution in [0, 0.1) is 0 Å². The van der Waals surface area contributed by atoms with E-state index in [-0.39, 0.29) is 11.4 Å². The Hall–Kier alpha value is -2.11. The maximum absolute atomic E-state index is 11.7. The second-order valence-corrected chi connectivity index (χ2v) is 3.61. The predicted molar refractivity (Wildman–Crippen MR) is 61.8 cm³/mol. The second-order valence-electron chi connectivity index (χ2n) is 3.61. The molecule has 6 nitrogen and oxygen atoms in total. The zero-order valence-electron chi connectivity index (χ0n) is 9.46. The van der Waals surface area contributed by atoms with Gasteiger partial charge >= 0.3 is 0 Å². The Labute approximate surface area is 97.5 Å². The summed E-state index contributed by atoms with van der Waals surface area (Å²) in [6, 6.07) is 1.09. The topological polar surface area (TPSA) is 77.2 Å². The molecule has 0 aliphatic heterocycles. The SMILES string of the molecule is CCCCOn1c(=O)cc(O)c2cncnc21. The molecule has 0 atom stereocenters. The van der Waals surface area contributed by atoms with Gasteiger partial charge in [-0.1, -0.05) is 13.3 Å². The maximum atomic E-state index is 11.7. The molecule has 0 fully saturated rings. The number of aromatic nitrogens is 3. The minimum absolute atomic E-state index is 0.138. The van der Waals surface area contributed by atoms with Crippen LogP contribution >= 0.6 is 0 Å². The molecule has 1 N–H and O–H groups in total. The van der Waals surface area contributed by atoms with Crippen molar-refractivity contribution in [3.63, 3.8) is 0 Å². The van der Waals surface area contributed by atoms with Crippen LogP contribution in [0.4, 0.5) is 0 Å². The number of pyridine rings is 1. The first-order chi connectivity index (χ1) is 8.24. The third kappa shape index (κ3) is 2.20. The average Bonchev–Trinajstić information content (AvgIpc) is 2.33. The third-order valence-corrected chi connectivity index (χ3v) is 2.34. The Balaban J connectivity index is 2.50. The van der Waals surface area contributed by atoms with Gasteiger partial charge in [0.25, 0.3) is 5.56 Å². The molecule has 2 heterocycles. The van der Waals surface area contributed by atoms with Crippen LogP contribution in [0.5, 0.6) is 5.75 Å². The van der Waals surface area contributed by atoms with E-state index in [1.165, 1.54) is 12.5 Å². The van der Waals surface area contributed by atoms with Crippen LogP contribution in [0.2, 0.25) is 0 Å². The standard InChI is InChI=1S/C11H13N3O3/c1-2-3-4-17-14-10(16)5-9(15)8-6-12-7-13-11(8)14/h5-7,15H,2-4H2,1H3. The van der Waals surface area contributed by atoms with Crippen molar-refractivity contribution in [3.05, 3.63) is 28.9 Å². The molecule has 2 rings (SSSR count). The monoisotopic (exact) mass is 235 g/mol. The summed E-state index contributed by atoms with van der Waals surface area (Å²) >= 11 is 0. The molecule has 0 aliphatic carbocycles. The van der Waals surface area contributed by atoms with Gasteiger partial charge < -0.3 is 9.94 Å². The molecule has 0 saturated heterocycles. The Kier molecular flexibility index (Phi) is 3.22. The van der Waals surface area contributed by atoms with Gasteiger partial charge in [0.2, 0.25) is 0 Å². The summed E-state index contributed by atoms with van der Waals surface area (Å²) in [6.45, 7) is 2.46. The van der Waals surface area contributed by atoms with E-state index >= 15 is 0 Å². The van der Waals surface area contributed by atoms with Crippen LogP contribution in [0.25, 0.3) is 11.0 Å². The van der Waals surface area contributed by atoms with Gasteiger partial charge in [0, 0.05) is 12.3 Å². The van der Waals surface area contributed by atoms with Crippen LogP contribution in [-0.2, 0) is 0 Å². The lowest BCUT2D eigenvalue weighted by atomic mass is 10.3. The van der Waals surface area contributed by atoms with Crippen LogP contribution in [0.15, 0.2) is 23.4 Å². The molecular weight excluding hydrogens is 222 g/mol. The highest BCUT2D eigenvalue weighted by Crippen LogP contribution is 2.18. The molecular formula is C11H13N3O3. The van der Waals surface area contributed by atoms with Crippen LogP contribution in [0.3, 0.4) is 0 Å². The van der Waals surface area contributed by atoms with Crippen LogP contribution < -0.4 is 10.4 Å². The highest BCUT2D eigenvalue weighted by atomic mass is 16.7. The highest BCUT2D eigenvalue weighted by molar-refractivity contribution is 5.80. The molecule has 0 unspecified atom stereocenters. The van der Waals surface area contributed by atoms with Gasteiger partial charge in [-0.3, -0.25) is 4.79 Å². The summed E-state index contributed by atoms with van der Waals surface area (Å²) in [5.41, 5.74) is -0.161. The van der Waals surface area contributed by atoms with E-state index in [4.69, 9.17) is 4.84 Å².